The second kappa shape index (κ2) is 6.63. The average molecular weight is 264 g/mol. The quantitative estimate of drug-likeness (QED) is 0.793. The number of ether oxygens (including phenoxy) is 2. The van der Waals surface area contributed by atoms with Crippen molar-refractivity contribution in [3.63, 3.8) is 0 Å². The Labute approximate surface area is 113 Å². The predicted molar refractivity (Wildman–Crippen MR) is 70.8 cm³/mol. The molecular formula is C14H20N2O3. The zero-order valence-electron chi connectivity index (χ0n) is 11.4. The molecule has 1 fully saturated rings. The van der Waals surface area contributed by atoms with E-state index in [0.717, 1.165) is 13.1 Å². The molecule has 2 heterocycles. The molecule has 0 N–H and O–H groups in total. The number of aromatic nitrogens is 1. The van der Waals surface area contributed by atoms with Gasteiger partial charge in [-0.15, -0.1) is 0 Å². The molecule has 0 unspecified atom stereocenters. The molecule has 1 amide bonds. The fourth-order valence-electron chi connectivity index (χ4n) is 2.66. The molecule has 1 aliphatic heterocycles. The molecule has 1 saturated heterocycles. The molecule has 0 aliphatic carbocycles. The predicted octanol–water partition coefficient (Wildman–Crippen LogP) is 0.916. The highest BCUT2D eigenvalue weighted by atomic mass is 16.5. The molecule has 104 valence electrons. The number of hydrogen-bond donors (Lipinski definition) is 0. The first-order chi connectivity index (χ1) is 9.26. The lowest BCUT2D eigenvalue weighted by Crippen LogP contribution is -2.32. The number of pyridine rings is 1. The maximum absolute atomic E-state index is 11.9. The minimum Gasteiger partial charge on any atom is -0.384 e. The van der Waals surface area contributed by atoms with Crippen molar-refractivity contribution >= 4 is 5.91 Å². The second-order valence-electron chi connectivity index (χ2n) is 4.83. The summed E-state index contributed by atoms with van der Waals surface area (Å²) in [4.78, 5) is 17.8. The van der Waals surface area contributed by atoms with E-state index in [2.05, 4.69) is 4.98 Å². The fraction of sp³-hybridized carbons (Fsp3) is 0.571. The van der Waals surface area contributed by atoms with E-state index in [0.29, 0.717) is 18.4 Å². The van der Waals surface area contributed by atoms with Gasteiger partial charge in [0.15, 0.2) is 0 Å². The molecule has 0 spiro atoms. The van der Waals surface area contributed by atoms with Crippen LogP contribution in [0.5, 0.6) is 0 Å². The summed E-state index contributed by atoms with van der Waals surface area (Å²) in [7, 11) is 3.24. The van der Waals surface area contributed by atoms with Crippen molar-refractivity contribution in [3.8, 4) is 0 Å². The maximum Gasteiger partial charge on any atom is 0.248 e. The summed E-state index contributed by atoms with van der Waals surface area (Å²) in [5.74, 6) is 0.678. The zero-order chi connectivity index (χ0) is 13.7. The summed E-state index contributed by atoms with van der Waals surface area (Å²) in [5, 5.41) is 0. The Bertz CT molecular complexity index is 410. The summed E-state index contributed by atoms with van der Waals surface area (Å²) in [6.07, 6.45) is 3.58. The number of carbonyl (C=O) groups excluding carboxylic acids is 1. The highest BCUT2D eigenvalue weighted by molar-refractivity contribution is 5.77. The fourth-order valence-corrected chi connectivity index (χ4v) is 2.66. The number of likely N-dealkylation sites (tertiary alicyclic amines) is 1. The van der Waals surface area contributed by atoms with Crippen LogP contribution in [0.2, 0.25) is 0 Å². The molecule has 2 atom stereocenters. The van der Waals surface area contributed by atoms with Crippen LogP contribution >= 0.6 is 0 Å². The summed E-state index contributed by atoms with van der Waals surface area (Å²) >= 11 is 0. The molecule has 1 aliphatic rings. The highest BCUT2D eigenvalue weighted by Crippen LogP contribution is 2.32. The number of methoxy groups -OCH3 is 2. The molecule has 0 saturated carbocycles. The van der Waals surface area contributed by atoms with E-state index in [4.69, 9.17) is 9.47 Å². The number of rotatable bonds is 5. The van der Waals surface area contributed by atoms with Gasteiger partial charge in [0, 0.05) is 51.5 Å². The monoisotopic (exact) mass is 264 g/mol. The molecule has 5 nitrogen and oxygen atoms in total. The number of nitrogens with zero attached hydrogens (tertiary/aromatic N) is 2. The van der Waals surface area contributed by atoms with Crippen LogP contribution in [-0.2, 0) is 14.3 Å². The van der Waals surface area contributed by atoms with Gasteiger partial charge in [0.25, 0.3) is 0 Å². The summed E-state index contributed by atoms with van der Waals surface area (Å²) in [6, 6.07) is 4.02. The van der Waals surface area contributed by atoms with Crippen LogP contribution < -0.4 is 0 Å². The Hall–Kier alpha value is -1.46. The van der Waals surface area contributed by atoms with Gasteiger partial charge in [0.2, 0.25) is 5.91 Å². The van der Waals surface area contributed by atoms with Crippen molar-refractivity contribution in [2.75, 3.05) is 40.5 Å². The van der Waals surface area contributed by atoms with Gasteiger partial charge in [-0.1, -0.05) is 0 Å². The number of hydrogen-bond acceptors (Lipinski definition) is 4. The van der Waals surface area contributed by atoms with Gasteiger partial charge in [0.05, 0.1) is 6.61 Å². The SMILES string of the molecule is COCC(=O)N1C[C@@H](COC)[C@H](c2ccncc2)C1. The van der Waals surface area contributed by atoms with Gasteiger partial charge in [-0.25, -0.2) is 0 Å². The molecule has 5 heteroatoms. The largest absolute Gasteiger partial charge is 0.384 e. The standard InChI is InChI=1S/C14H20N2O3/c1-18-9-12-7-16(14(17)10-19-2)8-13(12)11-3-5-15-6-4-11/h3-6,12-13H,7-10H2,1-2H3/t12-,13-/m0/s1. The molecule has 1 aromatic rings. The second-order valence-corrected chi connectivity index (χ2v) is 4.83. The van der Waals surface area contributed by atoms with Gasteiger partial charge in [-0.05, 0) is 17.7 Å². The van der Waals surface area contributed by atoms with Gasteiger partial charge < -0.3 is 14.4 Å². The number of carbonyl (C=O) groups is 1. The Kier molecular flexibility index (Phi) is 4.87. The average Bonchev–Trinajstić information content (AvgIpc) is 2.85. The highest BCUT2D eigenvalue weighted by Gasteiger charge is 2.35. The third kappa shape index (κ3) is 3.30. The summed E-state index contributed by atoms with van der Waals surface area (Å²) in [5.41, 5.74) is 1.21. The summed E-state index contributed by atoms with van der Waals surface area (Å²) < 4.78 is 10.2. The molecule has 1 aromatic heterocycles. The lowest BCUT2D eigenvalue weighted by molar-refractivity contribution is -0.134. The first-order valence-corrected chi connectivity index (χ1v) is 6.41. The van der Waals surface area contributed by atoms with Crippen molar-refractivity contribution in [1.29, 1.82) is 0 Å². The van der Waals surface area contributed by atoms with Crippen molar-refractivity contribution in [2.45, 2.75) is 5.92 Å². The van der Waals surface area contributed by atoms with Crippen molar-refractivity contribution < 1.29 is 14.3 Å². The van der Waals surface area contributed by atoms with Crippen LogP contribution in [0, 0.1) is 5.92 Å². The summed E-state index contributed by atoms with van der Waals surface area (Å²) in [6.45, 7) is 2.25. The van der Waals surface area contributed by atoms with E-state index in [-0.39, 0.29) is 12.5 Å². The van der Waals surface area contributed by atoms with Crippen molar-refractivity contribution in [3.05, 3.63) is 30.1 Å². The number of amides is 1. The van der Waals surface area contributed by atoms with Gasteiger partial charge >= 0.3 is 0 Å². The van der Waals surface area contributed by atoms with E-state index in [1.165, 1.54) is 5.56 Å². The van der Waals surface area contributed by atoms with Crippen molar-refractivity contribution in [1.82, 2.24) is 9.88 Å². The Balaban J connectivity index is 2.10. The zero-order valence-corrected chi connectivity index (χ0v) is 11.4. The van der Waals surface area contributed by atoms with E-state index >= 15 is 0 Å². The van der Waals surface area contributed by atoms with Gasteiger partial charge in [0.1, 0.15) is 6.61 Å². The third-order valence-electron chi connectivity index (χ3n) is 3.58. The molecular weight excluding hydrogens is 244 g/mol. The molecule has 19 heavy (non-hydrogen) atoms. The molecule has 2 rings (SSSR count). The first-order valence-electron chi connectivity index (χ1n) is 6.41. The van der Waals surface area contributed by atoms with Crippen molar-refractivity contribution in [2.24, 2.45) is 5.92 Å². The van der Waals surface area contributed by atoms with E-state index in [1.54, 1.807) is 26.6 Å². The Morgan fingerprint density at radius 3 is 2.68 bits per heavy atom. The van der Waals surface area contributed by atoms with Gasteiger partial charge in [-0.2, -0.15) is 0 Å². The molecule has 0 aromatic carbocycles. The minimum absolute atomic E-state index is 0.0418. The Morgan fingerprint density at radius 1 is 1.32 bits per heavy atom. The maximum atomic E-state index is 11.9. The van der Waals surface area contributed by atoms with Crippen LogP contribution in [0.15, 0.2) is 24.5 Å². The smallest absolute Gasteiger partial charge is 0.248 e. The third-order valence-corrected chi connectivity index (χ3v) is 3.58. The van der Waals surface area contributed by atoms with Crippen LogP contribution in [0.1, 0.15) is 11.5 Å². The van der Waals surface area contributed by atoms with Crippen LogP contribution in [0.4, 0.5) is 0 Å². The van der Waals surface area contributed by atoms with Gasteiger partial charge in [-0.3, -0.25) is 9.78 Å². The normalized spacial score (nSPS) is 22.7. The lowest BCUT2D eigenvalue weighted by Gasteiger charge is -2.17. The topological polar surface area (TPSA) is 51.7 Å². The minimum atomic E-state index is 0.0418. The van der Waals surface area contributed by atoms with E-state index in [1.807, 2.05) is 17.0 Å². The van der Waals surface area contributed by atoms with Crippen LogP contribution in [-0.4, -0.2) is 56.3 Å². The van der Waals surface area contributed by atoms with Crippen LogP contribution in [0.3, 0.4) is 0 Å². The Morgan fingerprint density at radius 2 is 2.05 bits per heavy atom. The van der Waals surface area contributed by atoms with E-state index in [9.17, 15) is 4.79 Å². The van der Waals surface area contributed by atoms with Crippen LogP contribution in [0.25, 0.3) is 0 Å². The lowest BCUT2D eigenvalue weighted by atomic mass is 9.90. The molecule has 0 bridgehead atoms. The van der Waals surface area contributed by atoms with E-state index < -0.39 is 0 Å². The molecule has 0 radical (unpaired) electrons. The first kappa shape index (κ1) is 14.0.